The lowest BCUT2D eigenvalue weighted by atomic mass is 10.2. The third-order valence-corrected chi connectivity index (χ3v) is 3.25. The number of rotatable bonds is 3. The van der Waals surface area contributed by atoms with Crippen molar-refractivity contribution in [3.05, 3.63) is 42.4 Å². The Labute approximate surface area is 114 Å². The van der Waals surface area contributed by atoms with Crippen molar-refractivity contribution in [2.45, 2.75) is 6.54 Å². The highest BCUT2D eigenvalue weighted by atomic mass is 16.7. The average Bonchev–Trinajstić information content (AvgIpc) is 3.13. The van der Waals surface area contributed by atoms with Crippen LogP contribution in [0.4, 0.5) is 5.82 Å². The molecule has 3 heterocycles. The number of aromatic amines is 1. The molecule has 20 heavy (non-hydrogen) atoms. The van der Waals surface area contributed by atoms with Crippen LogP contribution in [0.25, 0.3) is 11.0 Å². The second kappa shape index (κ2) is 4.41. The molecular formula is C14H12N4O2. The molecule has 1 aromatic carbocycles. The molecule has 1 aliphatic rings. The van der Waals surface area contributed by atoms with Gasteiger partial charge >= 0.3 is 0 Å². The Kier molecular flexibility index (Phi) is 2.45. The van der Waals surface area contributed by atoms with Gasteiger partial charge in [0.05, 0.1) is 5.39 Å². The zero-order chi connectivity index (χ0) is 13.4. The molecule has 6 nitrogen and oxygen atoms in total. The molecule has 0 aliphatic carbocycles. The highest BCUT2D eigenvalue weighted by Crippen LogP contribution is 2.32. The van der Waals surface area contributed by atoms with Gasteiger partial charge in [-0.2, -0.15) is 0 Å². The molecule has 0 saturated heterocycles. The number of ether oxygens (including phenoxy) is 2. The van der Waals surface area contributed by atoms with Gasteiger partial charge < -0.3 is 19.8 Å². The monoisotopic (exact) mass is 268 g/mol. The molecular weight excluding hydrogens is 256 g/mol. The van der Waals surface area contributed by atoms with Gasteiger partial charge in [-0.3, -0.25) is 0 Å². The molecule has 6 heteroatoms. The maximum Gasteiger partial charge on any atom is 0.231 e. The third-order valence-electron chi connectivity index (χ3n) is 3.25. The van der Waals surface area contributed by atoms with Gasteiger partial charge in [-0.25, -0.2) is 9.97 Å². The summed E-state index contributed by atoms with van der Waals surface area (Å²) in [4.78, 5) is 11.5. The van der Waals surface area contributed by atoms with Crippen molar-refractivity contribution in [3.63, 3.8) is 0 Å². The van der Waals surface area contributed by atoms with E-state index >= 15 is 0 Å². The van der Waals surface area contributed by atoms with Crippen LogP contribution >= 0.6 is 0 Å². The van der Waals surface area contributed by atoms with Gasteiger partial charge in [0.1, 0.15) is 17.8 Å². The van der Waals surface area contributed by atoms with Crippen LogP contribution in [0, 0.1) is 0 Å². The number of aromatic nitrogens is 3. The van der Waals surface area contributed by atoms with Crippen molar-refractivity contribution >= 4 is 16.9 Å². The number of nitrogens with zero attached hydrogens (tertiary/aromatic N) is 2. The number of fused-ring (bicyclic) bond motifs is 2. The van der Waals surface area contributed by atoms with Gasteiger partial charge in [-0.15, -0.1) is 0 Å². The molecule has 2 aromatic heterocycles. The zero-order valence-corrected chi connectivity index (χ0v) is 10.6. The second-order valence-corrected chi connectivity index (χ2v) is 4.50. The number of nitrogens with one attached hydrogen (secondary N) is 2. The van der Waals surface area contributed by atoms with Crippen molar-refractivity contribution in [2.75, 3.05) is 12.1 Å². The Morgan fingerprint density at radius 3 is 3.10 bits per heavy atom. The van der Waals surface area contributed by atoms with Crippen molar-refractivity contribution in [1.82, 2.24) is 15.0 Å². The van der Waals surface area contributed by atoms with E-state index in [2.05, 4.69) is 20.3 Å². The second-order valence-electron chi connectivity index (χ2n) is 4.50. The molecule has 4 rings (SSSR count). The first-order valence-corrected chi connectivity index (χ1v) is 6.31. The minimum absolute atomic E-state index is 0.294. The van der Waals surface area contributed by atoms with Crippen LogP contribution in [-0.2, 0) is 6.54 Å². The van der Waals surface area contributed by atoms with E-state index in [1.165, 1.54) is 0 Å². The molecule has 2 N–H and O–H groups in total. The first kappa shape index (κ1) is 11.1. The summed E-state index contributed by atoms with van der Waals surface area (Å²) in [6.07, 6.45) is 3.39. The summed E-state index contributed by atoms with van der Waals surface area (Å²) >= 11 is 0. The predicted molar refractivity (Wildman–Crippen MR) is 73.8 cm³/mol. The maximum atomic E-state index is 5.37. The van der Waals surface area contributed by atoms with E-state index in [-0.39, 0.29) is 0 Å². The van der Waals surface area contributed by atoms with Crippen LogP contribution in [0.5, 0.6) is 11.5 Å². The fourth-order valence-electron chi connectivity index (χ4n) is 2.25. The van der Waals surface area contributed by atoms with E-state index in [9.17, 15) is 0 Å². The molecule has 1 aliphatic heterocycles. The van der Waals surface area contributed by atoms with Crippen LogP contribution < -0.4 is 14.8 Å². The average molecular weight is 268 g/mol. The number of hydrogen-bond acceptors (Lipinski definition) is 5. The van der Waals surface area contributed by atoms with E-state index in [1.54, 1.807) is 6.33 Å². The van der Waals surface area contributed by atoms with E-state index in [4.69, 9.17) is 9.47 Å². The highest BCUT2D eigenvalue weighted by Gasteiger charge is 2.13. The Morgan fingerprint density at radius 1 is 1.15 bits per heavy atom. The van der Waals surface area contributed by atoms with E-state index in [0.717, 1.165) is 33.9 Å². The van der Waals surface area contributed by atoms with Gasteiger partial charge in [0.15, 0.2) is 11.5 Å². The summed E-state index contributed by atoms with van der Waals surface area (Å²) in [5.74, 6) is 2.40. The third kappa shape index (κ3) is 1.82. The summed E-state index contributed by atoms with van der Waals surface area (Å²) < 4.78 is 10.7. The predicted octanol–water partition coefficient (Wildman–Crippen LogP) is 2.30. The van der Waals surface area contributed by atoms with Crippen LogP contribution in [0.3, 0.4) is 0 Å². The van der Waals surface area contributed by atoms with Gasteiger partial charge in [-0.05, 0) is 23.8 Å². The zero-order valence-electron chi connectivity index (χ0n) is 10.6. The molecule has 0 amide bonds. The molecule has 0 saturated carbocycles. The Hall–Kier alpha value is -2.76. The number of hydrogen-bond donors (Lipinski definition) is 2. The summed E-state index contributed by atoms with van der Waals surface area (Å²) in [6, 6.07) is 7.86. The standard InChI is InChI=1S/C14H12N4O2/c1-2-11-12(20-8-19-11)5-9(1)6-16-14-10-3-4-15-13(10)17-7-18-14/h1-5,7H,6,8H2,(H2,15,16,17,18). The number of anilines is 1. The van der Waals surface area contributed by atoms with E-state index in [1.807, 2.05) is 30.5 Å². The first-order valence-electron chi connectivity index (χ1n) is 6.31. The first-order chi connectivity index (χ1) is 9.90. The van der Waals surface area contributed by atoms with Gasteiger partial charge in [0.2, 0.25) is 6.79 Å². The Bertz CT molecular complexity index is 769. The quantitative estimate of drug-likeness (QED) is 0.762. The summed E-state index contributed by atoms with van der Waals surface area (Å²) in [7, 11) is 0. The van der Waals surface area contributed by atoms with E-state index in [0.29, 0.717) is 13.3 Å². The molecule has 0 atom stereocenters. The number of H-pyrrole nitrogens is 1. The molecule has 0 radical (unpaired) electrons. The maximum absolute atomic E-state index is 5.37. The fraction of sp³-hybridized carbons (Fsp3) is 0.143. The molecule has 0 fully saturated rings. The Morgan fingerprint density at radius 2 is 2.10 bits per heavy atom. The molecule has 0 spiro atoms. The smallest absolute Gasteiger partial charge is 0.231 e. The molecule has 0 unspecified atom stereocenters. The lowest BCUT2D eigenvalue weighted by molar-refractivity contribution is 0.174. The minimum Gasteiger partial charge on any atom is -0.454 e. The van der Waals surface area contributed by atoms with Gasteiger partial charge in [0, 0.05) is 12.7 Å². The summed E-state index contributed by atoms with van der Waals surface area (Å²) in [5, 5.41) is 4.29. The van der Waals surface area contributed by atoms with Crippen molar-refractivity contribution in [1.29, 1.82) is 0 Å². The topological polar surface area (TPSA) is 72.1 Å². The van der Waals surface area contributed by atoms with Crippen LogP contribution in [0.15, 0.2) is 36.8 Å². The molecule has 0 bridgehead atoms. The minimum atomic E-state index is 0.294. The summed E-state index contributed by atoms with van der Waals surface area (Å²) in [5.41, 5.74) is 1.93. The van der Waals surface area contributed by atoms with E-state index < -0.39 is 0 Å². The molecule has 100 valence electrons. The normalized spacial score (nSPS) is 12.8. The van der Waals surface area contributed by atoms with Crippen molar-refractivity contribution in [2.24, 2.45) is 0 Å². The van der Waals surface area contributed by atoms with Crippen LogP contribution in [0.1, 0.15) is 5.56 Å². The fourth-order valence-corrected chi connectivity index (χ4v) is 2.25. The largest absolute Gasteiger partial charge is 0.454 e. The summed E-state index contributed by atoms with van der Waals surface area (Å²) in [6.45, 7) is 0.954. The number of benzene rings is 1. The lowest BCUT2D eigenvalue weighted by Gasteiger charge is -2.07. The van der Waals surface area contributed by atoms with Crippen LogP contribution in [-0.4, -0.2) is 21.7 Å². The van der Waals surface area contributed by atoms with Crippen molar-refractivity contribution < 1.29 is 9.47 Å². The lowest BCUT2D eigenvalue weighted by Crippen LogP contribution is -2.02. The Balaban J connectivity index is 1.57. The van der Waals surface area contributed by atoms with Crippen molar-refractivity contribution in [3.8, 4) is 11.5 Å². The molecule has 3 aromatic rings. The van der Waals surface area contributed by atoms with Gasteiger partial charge in [-0.1, -0.05) is 6.07 Å². The van der Waals surface area contributed by atoms with Crippen LogP contribution in [0.2, 0.25) is 0 Å². The SMILES string of the molecule is c1nc(NCc2ccc3c(c2)OCO3)c2cc[nH]c2n1. The highest BCUT2D eigenvalue weighted by molar-refractivity contribution is 5.86. The van der Waals surface area contributed by atoms with Gasteiger partial charge in [0.25, 0.3) is 0 Å².